The van der Waals surface area contributed by atoms with Crippen LogP contribution in [0.1, 0.15) is 42.5 Å². The molecular formula is C19H23NO. The largest absolute Gasteiger partial charge is 0.489 e. The lowest BCUT2D eigenvalue weighted by Gasteiger charge is -2.26. The van der Waals surface area contributed by atoms with Crippen molar-refractivity contribution < 1.29 is 4.74 Å². The first-order valence-electron chi connectivity index (χ1n) is 7.89. The normalized spacial score (nSPS) is 17.3. The van der Waals surface area contributed by atoms with Crippen LogP contribution in [0.2, 0.25) is 0 Å². The monoisotopic (exact) mass is 281 g/mol. The van der Waals surface area contributed by atoms with Gasteiger partial charge in [-0.1, -0.05) is 43.3 Å². The summed E-state index contributed by atoms with van der Waals surface area (Å²) in [6, 6.07) is 17.4. The van der Waals surface area contributed by atoms with Crippen LogP contribution in [-0.2, 0) is 13.0 Å². The van der Waals surface area contributed by atoms with Crippen LogP contribution in [-0.4, -0.2) is 6.54 Å². The predicted molar refractivity (Wildman–Crippen MR) is 86.6 cm³/mol. The molecule has 1 atom stereocenters. The highest BCUT2D eigenvalue weighted by atomic mass is 16.5. The molecular weight excluding hydrogens is 258 g/mol. The van der Waals surface area contributed by atoms with Gasteiger partial charge in [0, 0.05) is 6.04 Å². The van der Waals surface area contributed by atoms with Crippen LogP contribution >= 0.6 is 0 Å². The van der Waals surface area contributed by atoms with Crippen molar-refractivity contribution in [3.8, 4) is 5.75 Å². The SMILES string of the molecule is CCNC1CCCc2ccc(OCc3ccccc3)cc21. The van der Waals surface area contributed by atoms with E-state index in [1.54, 1.807) is 0 Å². The molecule has 0 radical (unpaired) electrons. The Labute approximate surface area is 127 Å². The summed E-state index contributed by atoms with van der Waals surface area (Å²) < 4.78 is 5.96. The summed E-state index contributed by atoms with van der Waals surface area (Å²) >= 11 is 0. The summed E-state index contributed by atoms with van der Waals surface area (Å²) in [6.45, 7) is 3.81. The Kier molecular flexibility index (Phi) is 4.56. The Morgan fingerprint density at radius 3 is 2.81 bits per heavy atom. The molecule has 21 heavy (non-hydrogen) atoms. The van der Waals surface area contributed by atoms with Crippen LogP contribution in [0.15, 0.2) is 48.5 Å². The van der Waals surface area contributed by atoms with E-state index in [1.807, 2.05) is 18.2 Å². The molecule has 0 amide bonds. The van der Waals surface area contributed by atoms with Gasteiger partial charge in [0.15, 0.2) is 0 Å². The van der Waals surface area contributed by atoms with Crippen LogP contribution in [0.25, 0.3) is 0 Å². The molecule has 1 unspecified atom stereocenters. The molecule has 0 spiro atoms. The molecule has 2 nitrogen and oxygen atoms in total. The average Bonchev–Trinajstić information content (AvgIpc) is 2.54. The number of ether oxygens (including phenoxy) is 1. The summed E-state index contributed by atoms with van der Waals surface area (Å²) in [4.78, 5) is 0. The highest BCUT2D eigenvalue weighted by Gasteiger charge is 2.19. The summed E-state index contributed by atoms with van der Waals surface area (Å²) in [5.74, 6) is 0.974. The highest BCUT2D eigenvalue weighted by Crippen LogP contribution is 2.32. The second-order valence-electron chi connectivity index (χ2n) is 5.64. The Morgan fingerprint density at radius 1 is 1.14 bits per heavy atom. The molecule has 0 fully saturated rings. The zero-order chi connectivity index (χ0) is 14.5. The van der Waals surface area contributed by atoms with E-state index in [0.717, 1.165) is 12.3 Å². The van der Waals surface area contributed by atoms with Crippen molar-refractivity contribution in [3.63, 3.8) is 0 Å². The first kappa shape index (κ1) is 14.2. The van der Waals surface area contributed by atoms with Gasteiger partial charge >= 0.3 is 0 Å². The van der Waals surface area contributed by atoms with Crippen LogP contribution < -0.4 is 10.1 Å². The van der Waals surface area contributed by atoms with Gasteiger partial charge in [0.25, 0.3) is 0 Å². The zero-order valence-corrected chi connectivity index (χ0v) is 12.6. The molecule has 0 aromatic heterocycles. The lowest BCUT2D eigenvalue weighted by molar-refractivity contribution is 0.305. The third-order valence-corrected chi connectivity index (χ3v) is 4.13. The van der Waals surface area contributed by atoms with E-state index in [-0.39, 0.29) is 0 Å². The van der Waals surface area contributed by atoms with Crippen LogP contribution in [0.3, 0.4) is 0 Å². The maximum atomic E-state index is 5.96. The number of benzene rings is 2. The molecule has 110 valence electrons. The lowest BCUT2D eigenvalue weighted by atomic mass is 9.87. The van der Waals surface area contributed by atoms with Crippen molar-refractivity contribution >= 4 is 0 Å². The summed E-state index contributed by atoms with van der Waals surface area (Å²) in [5, 5.41) is 3.59. The molecule has 0 heterocycles. The molecule has 1 aliphatic carbocycles. The maximum absolute atomic E-state index is 5.96. The van der Waals surface area contributed by atoms with Gasteiger partial charge in [-0.3, -0.25) is 0 Å². The molecule has 0 bridgehead atoms. The lowest BCUT2D eigenvalue weighted by Crippen LogP contribution is -2.24. The highest BCUT2D eigenvalue weighted by molar-refractivity contribution is 5.39. The average molecular weight is 281 g/mol. The van der Waals surface area contributed by atoms with E-state index in [2.05, 4.69) is 42.6 Å². The maximum Gasteiger partial charge on any atom is 0.120 e. The standard InChI is InChI=1S/C19H23NO/c1-2-20-19-10-6-9-16-11-12-17(13-18(16)19)21-14-15-7-4-3-5-8-15/h3-5,7-8,11-13,19-20H,2,6,9-10,14H2,1H3. The van der Waals surface area contributed by atoms with Gasteiger partial charge in [-0.25, -0.2) is 0 Å². The summed E-state index contributed by atoms with van der Waals surface area (Å²) in [5.41, 5.74) is 4.10. The fourth-order valence-electron chi connectivity index (χ4n) is 3.07. The topological polar surface area (TPSA) is 21.3 Å². The summed E-state index contributed by atoms with van der Waals surface area (Å²) in [7, 11) is 0. The molecule has 0 saturated heterocycles. The van der Waals surface area contributed by atoms with Crippen molar-refractivity contribution in [2.24, 2.45) is 0 Å². The van der Waals surface area contributed by atoms with Crippen LogP contribution in [0, 0.1) is 0 Å². The van der Waals surface area contributed by atoms with Gasteiger partial charge in [0.1, 0.15) is 12.4 Å². The van der Waals surface area contributed by atoms with Gasteiger partial charge in [-0.15, -0.1) is 0 Å². The molecule has 0 aliphatic heterocycles. The number of hydrogen-bond acceptors (Lipinski definition) is 2. The number of fused-ring (bicyclic) bond motifs is 1. The fourth-order valence-corrected chi connectivity index (χ4v) is 3.07. The molecule has 2 aromatic rings. The van der Waals surface area contributed by atoms with Crippen molar-refractivity contribution in [1.82, 2.24) is 5.32 Å². The van der Waals surface area contributed by atoms with E-state index in [4.69, 9.17) is 4.74 Å². The van der Waals surface area contributed by atoms with Crippen LogP contribution in [0.4, 0.5) is 0 Å². The fraction of sp³-hybridized carbons (Fsp3) is 0.368. The number of hydrogen-bond donors (Lipinski definition) is 1. The number of aryl methyl sites for hydroxylation is 1. The Hall–Kier alpha value is -1.80. The van der Waals surface area contributed by atoms with E-state index in [0.29, 0.717) is 12.6 Å². The smallest absolute Gasteiger partial charge is 0.120 e. The van der Waals surface area contributed by atoms with E-state index in [1.165, 1.54) is 36.0 Å². The molecule has 2 aromatic carbocycles. The Balaban J connectivity index is 1.73. The van der Waals surface area contributed by atoms with E-state index in [9.17, 15) is 0 Å². The first-order chi connectivity index (χ1) is 10.4. The number of nitrogens with one attached hydrogen (secondary N) is 1. The zero-order valence-electron chi connectivity index (χ0n) is 12.6. The van der Waals surface area contributed by atoms with Crippen molar-refractivity contribution in [2.75, 3.05) is 6.54 Å². The molecule has 1 aliphatic rings. The van der Waals surface area contributed by atoms with Gasteiger partial charge < -0.3 is 10.1 Å². The Morgan fingerprint density at radius 2 is 2.00 bits per heavy atom. The minimum absolute atomic E-state index is 0.485. The minimum atomic E-state index is 0.485. The molecule has 0 saturated carbocycles. The number of rotatable bonds is 5. The van der Waals surface area contributed by atoms with Gasteiger partial charge in [-0.2, -0.15) is 0 Å². The Bertz CT molecular complexity index is 579. The van der Waals surface area contributed by atoms with Gasteiger partial charge in [-0.05, 0) is 54.6 Å². The quantitative estimate of drug-likeness (QED) is 0.884. The second kappa shape index (κ2) is 6.77. The minimum Gasteiger partial charge on any atom is -0.489 e. The second-order valence-corrected chi connectivity index (χ2v) is 5.64. The van der Waals surface area contributed by atoms with E-state index < -0.39 is 0 Å². The molecule has 1 N–H and O–H groups in total. The van der Waals surface area contributed by atoms with E-state index >= 15 is 0 Å². The first-order valence-corrected chi connectivity index (χ1v) is 7.89. The van der Waals surface area contributed by atoms with Crippen molar-refractivity contribution in [3.05, 3.63) is 65.2 Å². The van der Waals surface area contributed by atoms with Crippen LogP contribution in [0.5, 0.6) is 5.75 Å². The third-order valence-electron chi connectivity index (χ3n) is 4.13. The van der Waals surface area contributed by atoms with Crippen molar-refractivity contribution in [2.45, 2.75) is 38.8 Å². The molecule has 2 heteroatoms. The third kappa shape index (κ3) is 3.45. The summed E-state index contributed by atoms with van der Waals surface area (Å²) in [6.07, 6.45) is 3.69. The van der Waals surface area contributed by atoms with Gasteiger partial charge in [0.2, 0.25) is 0 Å². The van der Waals surface area contributed by atoms with Crippen molar-refractivity contribution in [1.29, 1.82) is 0 Å². The van der Waals surface area contributed by atoms with Gasteiger partial charge in [0.05, 0.1) is 0 Å². The predicted octanol–water partition coefficient (Wildman–Crippen LogP) is 4.25. The molecule has 3 rings (SSSR count).